The highest BCUT2D eigenvalue weighted by Crippen LogP contribution is 2.18. The zero-order chi connectivity index (χ0) is 11.7. The number of fused-ring (bicyclic) bond motifs is 1. The molecule has 2 rings (SSSR count). The quantitative estimate of drug-likeness (QED) is 0.710. The fraction of sp³-hybridized carbons (Fsp3) is 0.400. The van der Waals surface area contributed by atoms with Crippen LogP contribution in [0.2, 0.25) is 0 Å². The van der Waals surface area contributed by atoms with E-state index in [0.717, 1.165) is 5.69 Å². The summed E-state index contributed by atoms with van der Waals surface area (Å²) in [5.41, 5.74) is 6.96. The van der Waals surface area contributed by atoms with E-state index in [2.05, 4.69) is 15.3 Å². The van der Waals surface area contributed by atoms with Crippen LogP contribution in [-0.2, 0) is 6.54 Å². The van der Waals surface area contributed by atoms with Crippen LogP contribution in [0.4, 0.5) is 5.82 Å². The molecule has 2 aromatic heterocycles. The molecule has 0 saturated carbocycles. The minimum absolute atomic E-state index is 0.0448. The first-order valence-electron chi connectivity index (χ1n) is 5.14. The first-order chi connectivity index (χ1) is 7.60. The number of hydrogen-bond donors (Lipinski definition) is 3. The lowest BCUT2D eigenvalue weighted by molar-refractivity contribution is 0.450. The molecule has 0 radical (unpaired) electrons. The number of imidazole rings is 1. The van der Waals surface area contributed by atoms with Gasteiger partial charge in [0, 0.05) is 18.8 Å². The van der Waals surface area contributed by atoms with Crippen LogP contribution in [0.5, 0.6) is 5.88 Å². The third-order valence-corrected chi connectivity index (χ3v) is 2.11. The van der Waals surface area contributed by atoms with Crippen molar-refractivity contribution in [1.29, 1.82) is 0 Å². The van der Waals surface area contributed by atoms with Gasteiger partial charge in [0.2, 0.25) is 5.88 Å². The second kappa shape index (κ2) is 3.97. The van der Waals surface area contributed by atoms with Crippen molar-refractivity contribution in [3.8, 4) is 5.88 Å². The van der Waals surface area contributed by atoms with E-state index in [1.165, 1.54) is 6.20 Å². The molecule has 6 heteroatoms. The van der Waals surface area contributed by atoms with Crippen molar-refractivity contribution in [1.82, 2.24) is 14.4 Å². The Morgan fingerprint density at radius 2 is 2.19 bits per heavy atom. The Hall–Kier alpha value is -1.82. The van der Waals surface area contributed by atoms with Crippen molar-refractivity contribution in [2.75, 3.05) is 5.32 Å². The van der Waals surface area contributed by atoms with Crippen LogP contribution in [0, 0.1) is 0 Å². The smallest absolute Gasteiger partial charge is 0.230 e. The number of aromatic nitrogens is 3. The molecule has 0 aliphatic carbocycles. The van der Waals surface area contributed by atoms with Crippen molar-refractivity contribution in [2.24, 2.45) is 5.73 Å². The topological polar surface area (TPSA) is 88.5 Å². The third kappa shape index (κ3) is 1.92. The average molecular weight is 221 g/mol. The first kappa shape index (κ1) is 10.7. The van der Waals surface area contributed by atoms with Crippen molar-refractivity contribution in [2.45, 2.75) is 26.4 Å². The minimum Gasteiger partial charge on any atom is -0.492 e. The molecule has 0 atom stereocenters. The number of nitrogens with one attached hydrogen (secondary N) is 1. The predicted octanol–water partition coefficient (Wildman–Crippen LogP) is 0.714. The van der Waals surface area contributed by atoms with Gasteiger partial charge in [0.15, 0.2) is 11.5 Å². The lowest BCUT2D eigenvalue weighted by Gasteiger charge is -2.09. The molecule has 16 heavy (non-hydrogen) atoms. The van der Waals surface area contributed by atoms with Crippen molar-refractivity contribution in [3.63, 3.8) is 0 Å². The van der Waals surface area contributed by atoms with E-state index in [0.29, 0.717) is 18.0 Å². The van der Waals surface area contributed by atoms with E-state index in [1.807, 2.05) is 13.8 Å². The summed E-state index contributed by atoms with van der Waals surface area (Å²) in [5.74, 6) is 0.520. The maximum atomic E-state index is 9.47. The molecule has 0 aliphatic heterocycles. The molecule has 0 fully saturated rings. The molecule has 0 aliphatic rings. The van der Waals surface area contributed by atoms with Crippen LogP contribution in [-0.4, -0.2) is 25.5 Å². The summed E-state index contributed by atoms with van der Waals surface area (Å²) < 4.78 is 1.72. The van der Waals surface area contributed by atoms with E-state index in [-0.39, 0.29) is 11.9 Å². The number of hydrogen-bond acceptors (Lipinski definition) is 5. The fourth-order valence-electron chi connectivity index (χ4n) is 1.50. The monoisotopic (exact) mass is 221 g/mol. The Labute approximate surface area is 93.1 Å². The van der Waals surface area contributed by atoms with Crippen LogP contribution < -0.4 is 11.1 Å². The fourth-order valence-corrected chi connectivity index (χ4v) is 1.50. The number of nitrogens with two attached hydrogens (primary N) is 1. The molecule has 4 N–H and O–H groups in total. The normalized spacial score (nSPS) is 11.2. The van der Waals surface area contributed by atoms with Gasteiger partial charge < -0.3 is 16.2 Å². The van der Waals surface area contributed by atoms with Crippen LogP contribution >= 0.6 is 0 Å². The predicted molar refractivity (Wildman–Crippen MR) is 61.3 cm³/mol. The van der Waals surface area contributed by atoms with Gasteiger partial charge in [0.1, 0.15) is 0 Å². The van der Waals surface area contributed by atoms with Gasteiger partial charge in [-0.1, -0.05) is 0 Å². The molecular weight excluding hydrogens is 206 g/mol. The number of rotatable bonds is 3. The molecule has 86 valence electrons. The van der Waals surface area contributed by atoms with Crippen LogP contribution in [0.15, 0.2) is 12.4 Å². The highest BCUT2D eigenvalue weighted by Gasteiger charge is 2.10. The van der Waals surface area contributed by atoms with E-state index >= 15 is 0 Å². The Bertz CT molecular complexity index is 505. The van der Waals surface area contributed by atoms with Gasteiger partial charge in [-0.15, -0.1) is 0 Å². The van der Waals surface area contributed by atoms with Crippen LogP contribution in [0.1, 0.15) is 19.5 Å². The van der Waals surface area contributed by atoms with Gasteiger partial charge in [-0.3, -0.25) is 4.40 Å². The molecular formula is C10H15N5O. The van der Waals surface area contributed by atoms with Gasteiger partial charge in [-0.25, -0.2) is 4.98 Å². The van der Waals surface area contributed by atoms with Crippen LogP contribution in [0.3, 0.4) is 0 Å². The largest absolute Gasteiger partial charge is 0.492 e. The molecule has 0 spiro atoms. The van der Waals surface area contributed by atoms with E-state index in [4.69, 9.17) is 5.73 Å². The van der Waals surface area contributed by atoms with Gasteiger partial charge >= 0.3 is 0 Å². The summed E-state index contributed by atoms with van der Waals surface area (Å²) in [5, 5.41) is 12.6. The standard InChI is InChI=1S/C10H15N5O/c1-6(2)12-9-10-13-7(3-11)4-15(10)5-8(16)14-9/h4-6,16H,3,11H2,1-2H3,(H,12,14). The number of nitrogens with zero attached hydrogens (tertiary/aromatic N) is 3. The molecule has 0 amide bonds. The van der Waals surface area contributed by atoms with Crippen molar-refractivity contribution < 1.29 is 5.11 Å². The summed E-state index contributed by atoms with van der Waals surface area (Å²) in [6.07, 6.45) is 3.29. The second-order valence-electron chi connectivity index (χ2n) is 3.91. The van der Waals surface area contributed by atoms with E-state index in [1.54, 1.807) is 10.6 Å². The number of aromatic hydroxyl groups is 1. The van der Waals surface area contributed by atoms with E-state index < -0.39 is 0 Å². The highest BCUT2D eigenvalue weighted by molar-refractivity contribution is 5.64. The molecule has 2 aromatic rings. The third-order valence-electron chi connectivity index (χ3n) is 2.11. The summed E-state index contributed by atoms with van der Waals surface area (Å²) in [4.78, 5) is 8.34. The summed E-state index contributed by atoms with van der Waals surface area (Å²) in [6, 6.07) is 0.219. The SMILES string of the molecule is CC(C)Nc1nc(O)cn2cc(CN)nc12. The summed E-state index contributed by atoms with van der Waals surface area (Å²) >= 11 is 0. The molecule has 0 unspecified atom stereocenters. The van der Waals surface area contributed by atoms with Gasteiger partial charge in [0.25, 0.3) is 0 Å². The summed E-state index contributed by atoms with van der Waals surface area (Å²) in [6.45, 7) is 4.35. The second-order valence-corrected chi connectivity index (χ2v) is 3.91. The zero-order valence-electron chi connectivity index (χ0n) is 9.31. The molecule has 0 aromatic carbocycles. The van der Waals surface area contributed by atoms with E-state index in [9.17, 15) is 5.11 Å². The average Bonchev–Trinajstić information content (AvgIpc) is 2.59. The van der Waals surface area contributed by atoms with Crippen molar-refractivity contribution in [3.05, 3.63) is 18.1 Å². The van der Waals surface area contributed by atoms with Crippen molar-refractivity contribution >= 4 is 11.5 Å². The molecule has 0 bridgehead atoms. The van der Waals surface area contributed by atoms with Gasteiger partial charge in [-0.05, 0) is 13.8 Å². The first-order valence-corrected chi connectivity index (χ1v) is 5.14. The minimum atomic E-state index is -0.0448. The molecule has 2 heterocycles. The lowest BCUT2D eigenvalue weighted by atomic mass is 10.4. The maximum absolute atomic E-state index is 9.47. The van der Waals surface area contributed by atoms with Gasteiger partial charge in [-0.2, -0.15) is 4.98 Å². The Morgan fingerprint density at radius 1 is 1.44 bits per heavy atom. The van der Waals surface area contributed by atoms with Gasteiger partial charge in [0.05, 0.1) is 11.9 Å². The van der Waals surface area contributed by atoms with Crippen LogP contribution in [0.25, 0.3) is 5.65 Å². The molecule has 0 saturated heterocycles. The summed E-state index contributed by atoms with van der Waals surface area (Å²) in [7, 11) is 0. The highest BCUT2D eigenvalue weighted by atomic mass is 16.3. The zero-order valence-corrected chi connectivity index (χ0v) is 9.31. The lowest BCUT2D eigenvalue weighted by Crippen LogP contribution is -2.12. The maximum Gasteiger partial charge on any atom is 0.230 e. The molecule has 6 nitrogen and oxygen atoms in total. The number of anilines is 1. The Kier molecular flexibility index (Phi) is 2.66. The Morgan fingerprint density at radius 3 is 2.81 bits per heavy atom. The Balaban J connectivity index is 2.56.